The van der Waals surface area contributed by atoms with Gasteiger partial charge in [-0.25, -0.2) is 0 Å². The van der Waals surface area contributed by atoms with Crippen LogP contribution in [0.1, 0.15) is 31.1 Å². The summed E-state index contributed by atoms with van der Waals surface area (Å²) in [6.45, 7) is 10.5. The average Bonchev–Trinajstić information content (AvgIpc) is 2.14. The fourth-order valence-corrected chi connectivity index (χ4v) is 2.91. The lowest BCUT2D eigenvalue weighted by atomic mass is 10.2. The van der Waals surface area contributed by atoms with Crippen LogP contribution in [-0.4, -0.2) is 18.6 Å². The summed E-state index contributed by atoms with van der Waals surface area (Å²) in [5, 5.41) is 9.62. The molecule has 0 heterocycles. The van der Waals surface area contributed by atoms with Crippen molar-refractivity contribution >= 4 is 13.5 Å². The van der Waals surface area contributed by atoms with E-state index in [1.807, 2.05) is 0 Å². The Balaban J connectivity index is 3.12. The highest BCUT2D eigenvalue weighted by Crippen LogP contribution is 2.38. The molecule has 1 rings (SSSR count). The minimum atomic E-state index is -2.02. The second-order valence-corrected chi connectivity index (χ2v) is 11.0. The molecule has 0 spiro atoms. The van der Waals surface area contributed by atoms with Gasteiger partial charge in [-0.05, 0) is 17.2 Å². The van der Waals surface area contributed by atoms with Crippen molar-refractivity contribution in [3.05, 3.63) is 29.8 Å². The van der Waals surface area contributed by atoms with Crippen molar-refractivity contribution in [3.8, 4) is 5.75 Å². The molecule has 88 valence electrons. The smallest absolute Gasteiger partial charge is 0.140 e. The second-order valence-electron chi connectivity index (χ2n) is 5.75. The first-order chi connectivity index (χ1) is 7.16. The van der Waals surface area contributed by atoms with Gasteiger partial charge >= 0.3 is 0 Å². The van der Waals surface area contributed by atoms with Crippen LogP contribution in [0.4, 0.5) is 0 Å². The van der Waals surface area contributed by atoms with E-state index in [-0.39, 0.29) is 16.2 Å². The van der Waals surface area contributed by atoms with E-state index in [2.05, 4.69) is 33.9 Å². The Labute approximate surface area is 98.3 Å². The third kappa shape index (κ3) is 2.35. The van der Waals surface area contributed by atoms with Crippen molar-refractivity contribution < 1.29 is 9.90 Å². The molecular weight excluding hydrogens is 216 g/mol. The van der Waals surface area contributed by atoms with Gasteiger partial charge in [0.25, 0.3) is 0 Å². The standard InChI is InChI=1S/C13H20O2Si/c1-13(2,3)16(4,5)12(15)10-7-6-8-11(14)9-10/h6-9,14H,1-5H3. The molecule has 0 aliphatic carbocycles. The number of carbonyl (C=O) groups excluding carboxylic acids is 1. The van der Waals surface area contributed by atoms with Crippen molar-refractivity contribution in [2.45, 2.75) is 38.9 Å². The summed E-state index contributed by atoms with van der Waals surface area (Å²) in [6.07, 6.45) is 0. The molecule has 2 nitrogen and oxygen atoms in total. The number of hydrogen-bond donors (Lipinski definition) is 1. The summed E-state index contributed by atoms with van der Waals surface area (Å²) >= 11 is 0. The number of phenolic OH excluding ortho intramolecular Hbond substituents is 1. The largest absolute Gasteiger partial charge is 0.508 e. The molecule has 16 heavy (non-hydrogen) atoms. The average molecular weight is 236 g/mol. The number of carbonyl (C=O) groups is 1. The van der Waals surface area contributed by atoms with E-state index in [1.54, 1.807) is 24.3 Å². The van der Waals surface area contributed by atoms with E-state index in [0.29, 0.717) is 5.56 Å². The summed E-state index contributed by atoms with van der Waals surface area (Å²) in [6, 6.07) is 6.64. The Kier molecular flexibility index (Phi) is 3.29. The molecule has 0 radical (unpaired) electrons. The molecule has 0 aliphatic rings. The summed E-state index contributed by atoms with van der Waals surface area (Å²) < 4.78 is 0. The monoisotopic (exact) mass is 236 g/mol. The molecule has 1 aromatic rings. The van der Waals surface area contributed by atoms with Gasteiger partial charge < -0.3 is 9.90 Å². The molecular formula is C13H20O2Si. The quantitative estimate of drug-likeness (QED) is 0.796. The van der Waals surface area contributed by atoms with Crippen LogP contribution < -0.4 is 0 Å². The molecule has 0 aliphatic heterocycles. The number of hydrogen-bond acceptors (Lipinski definition) is 2. The van der Waals surface area contributed by atoms with Gasteiger partial charge in [-0.1, -0.05) is 46.0 Å². The maximum Gasteiger partial charge on any atom is 0.140 e. The van der Waals surface area contributed by atoms with Crippen LogP contribution in [0.3, 0.4) is 0 Å². The minimum absolute atomic E-state index is 0.0234. The maximum atomic E-state index is 12.4. The fraction of sp³-hybridized carbons (Fsp3) is 0.462. The predicted octanol–water partition coefficient (Wildman–Crippen LogP) is 3.62. The Hall–Kier alpha value is -1.09. The first kappa shape index (κ1) is 13.0. The van der Waals surface area contributed by atoms with Crippen molar-refractivity contribution in [2.75, 3.05) is 0 Å². The van der Waals surface area contributed by atoms with Gasteiger partial charge in [-0.15, -0.1) is 0 Å². The number of aromatic hydroxyl groups is 1. The van der Waals surface area contributed by atoms with Gasteiger partial charge in [0.15, 0.2) is 0 Å². The summed E-state index contributed by atoms with van der Waals surface area (Å²) in [4.78, 5) is 12.4. The Bertz CT molecular complexity index is 403. The molecule has 0 saturated carbocycles. The normalized spacial score (nSPS) is 12.6. The molecule has 0 unspecified atom stereocenters. The number of rotatable bonds is 2. The molecule has 1 N–H and O–H groups in total. The van der Waals surface area contributed by atoms with Gasteiger partial charge in [-0.3, -0.25) is 0 Å². The third-order valence-electron chi connectivity index (χ3n) is 3.55. The molecule has 0 amide bonds. The van der Waals surface area contributed by atoms with Crippen LogP contribution in [-0.2, 0) is 0 Å². The van der Waals surface area contributed by atoms with Crippen LogP contribution in [0.5, 0.6) is 5.75 Å². The Morgan fingerprint density at radius 1 is 1.25 bits per heavy atom. The SMILES string of the molecule is CC(C)(C)[Si](C)(C)C(=O)c1cccc(O)c1. The van der Waals surface area contributed by atoms with Crippen LogP contribution >= 0.6 is 0 Å². The number of phenols is 1. The zero-order chi connectivity index (χ0) is 12.6. The van der Waals surface area contributed by atoms with E-state index < -0.39 is 8.07 Å². The van der Waals surface area contributed by atoms with Crippen LogP contribution in [0.25, 0.3) is 0 Å². The predicted molar refractivity (Wildman–Crippen MR) is 69.6 cm³/mol. The molecule has 0 saturated heterocycles. The lowest BCUT2D eigenvalue weighted by Crippen LogP contribution is -2.46. The van der Waals surface area contributed by atoms with Crippen molar-refractivity contribution in [3.63, 3.8) is 0 Å². The highest BCUT2D eigenvalue weighted by molar-refractivity contribution is 7.08. The first-order valence-corrected chi connectivity index (χ1v) is 8.50. The van der Waals surface area contributed by atoms with E-state index in [1.165, 1.54) is 0 Å². The van der Waals surface area contributed by atoms with Gasteiger partial charge in [0.2, 0.25) is 0 Å². The number of benzene rings is 1. The van der Waals surface area contributed by atoms with E-state index in [0.717, 1.165) is 0 Å². The van der Waals surface area contributed by atoms with Gasteiger partial charge in [0.05, 0.1) is 0 Å². The van der Waals surface area contributed by atoms with Crippen LogP contribution in [0, 0.1) is 0 Å². The molecule has 3 heteroatoms. The second kappa shape index (κ2) is 4.05. The molecule has 0 fully saturated rings. The van der Waals surface area contributed by atoms with E-state index in [9.17, 15) is 9.90 Å². The van der Waals surface area contributed by atoms with Crippen molar-refractivity contribution in [1.82, 2.24) is 0 Å². The lowest BCUT2D eigenvalue weighted by Gasteiger charge is -2.35. The van der Waals surface area contributed by atoms with E-state index in [4.69, 9.17) is 0 Å². The van der Waals surface area contributed by atoms with Crippen molar-refractivity contribution in [2.24, 2.45) is 0 Å². The zero-order valence-electron chi connectivity index (χ0n) is 10.7. The molecule has 0 aromatic heterocycles. The maximum absolute atomic E-state index is 12.4. The summed E-state index contributed by atoms with van der Waals surface area (Å²) in [7, 11) is -2.02. The molecule has 0 bridgehead atoms. The van der Waals surface area contributed by atoms with Gasteiger partial charge in [0, 0.05) is 5.56 Å². The Morgan fingerprint density at radius 2 is 1.81 bits per heavy atom. The molecule has 1 aromatic carbocycles. The first-order valence-electron chi connectivity index (χ1n) is 5.50. The Morgan fingerprint density at radius 3 is 2.25 bits per heavy atom. The summed E-state index contributed by atoms with van der Waals surface area (Å²) in [5.74, 6) is 0.157. The topological polar surface area (TPSA) is 37.3 Å². The molecule has 0 atom stereocenters. The van der Waals surface area contributed by atoms with Crippen LogP contribution in [0.15, 0.2) is 24.3 Å². The highest BCUT2D eigenvalue weighted by Gasteiger charge is 2.42. The lowest BCUT2D eigenvalue weighted by molar-refractivity contribution is 0.106. The summed E-state index contributed by atoms with van der Waals surface area (Å²) in [5.41, 5.74) is 0.631. The van der Waals surface area contributed by atoms with Gasteiger partial charge in [-0.2, -0.15) is 0 Å². The third-order valence-corrected chi connectivity index (χ3v) is 8.72. The minimum Gasteiger partial charge on any atom is -0.508 e. The fourth-order valence-electron chi connectivity index (χ4n) is 1.35. The van der Waals surface area contributed by atoms with Gasteiger partial charge in [0.1, 0.15) is 19.2 Å². The van der Waals surface area contributed by atoms with Crippen LogP contribution in [0.2, 0.25) is 18.1 Å². The van der Waals surface area contributed by atoms with Crippen molar-refractivity contribution in [1.29, 1.82) is 0 Å². The highest BCUT2D eigenvalue weighted by atomic mass is 28.3. The zero-order valence-corrected chi connectivity index (χ0v) is 11.7. The van der Waals surface area contributed by atoms with E-state index >= 15 is 0 Å².